The van der Waals surface area contributed by atoms with Crippen molar-refractivity contribution in [1.29, 1.82) is 0 Å². The number of carbonyl (C=O) groups excluding carboxylic acids is 2. The summed E-state index contributed by atoms with van der Waals surface area (Å²) in [5, 5.41) is 13.2. The van der Waals surface area contributed by atoms with Gasteiger partial charge in [0, 0.05) is 35.8 Å². The number of hydrogen-bond donors (Lipinski definition) is 1. The lowest BCUT2D eigenvalue weighted by Gasteiger charge is -2.63. The first-order chi connectivity index (χ1) is 18.4. The molecule has 0 bridgehead atoms. The Kier molecular flexibility index (Phi) is 6.00. The summed E-state index contributed by atoms with van der Waals surface area (Å²) < 4.78 is 52.5. The van der Waals surface area contributed by atoms with Crippen LogP contribution < -0.4 is 4.74 Å². The molecule has 1 aromatic rings. The zero-order valence-electron chi connectivity index (χ0n) is 22.3. The number of alkyl halides is 3. The molecule has 0 amide bonds. The van der Waals surface area contributed by atoms with E-state index in [1.54, 1.807) is 19.1 Å². The molecule has 3 saturated carbocycles. The molecule has 5 aliphatic rings. The van der Waals surface area contributed by atoms with Crippen molar-refractivity contribution in [2.45, 2.75) is 63.2 Å². The molecule has 1 aromatic carbocycles. The number of hydrogen-bond acceptors (Lipinski definition) is 6. The highest BCUT2D eigenvalue weighted by Crippen LogP contribution is 2.72. The molecule has 0 radical (unpaired) electrons. The van der Waals surface area contributed by atoms with Gasteiger partial charge in [0.2, 0.25) is 0 Å². The van der Waals surface area contributed by atoms with Crippen molar-refractivity contribution in [2.24, 2.45) is 28.6 Å². The standard InChI is InChI=1S/C30H34F3NO5/c1-27-9-8-19(35)11-23(27)24(32)12-22-21-10-18-16-34(15-17-4-6-20(38-3)7-5-17)39-30(18,26(37)14-31)28(21,2)13-25(36)29(22,27)33/h4-9,11,18,21-22,24-25,36H,10,12-16H2,1-3H3/t18-,21-,22-,24-,25-,27-,28-,29-,30-/m0/s1. The fraction of sp³-hybridized carbons (Fsp3) is 0.600. The molecule has 1 aliphatic heterocycles. The normalized spacial score (nSPS) is 44.7. The van der Waals surface area contributed by atoms with Gasteiger partial charge in [0.25, 0.3) is 0 Å². The minimum Gasteiger partial charge on any atom is -0.497 e. The Morgan fingerprint density at radius 3 is 2.59 bits per heavy atom. The van der Waals surface area contributed by atoms with Crippen LogP contribution in [-0.4, -0.2) is 65.6 Å². The molecule has 4 aliphatic carbocycles. The summed E-state index contributed by atoms with van der Waals surface area (Å²) in [5.74, 6) is -2.36. The highest BCUT2D eigenvalue weighted by atomic mass is 19.1. The number of hydroxylamine groups is 2. The lowest BCUT2D eigenvalue weighted by Crippen LogP contribution is -2.70. The van der Waals surface area contributed by atoms with E-state index in [0.717, 1.165) is 11.6 Å². The number of benzene rings is 1. The molecule has 1 heterocycles. The summed E-state index contributed by atoms with van der Waals surface area (Å²) in [4.78, 5) is 31.9. The number of ether oxygens (including phenoxy) is 1. The molecule has 4 fully saturated rings. The van der Waals surface area contributed by atoms with Crippen LogP contribution in [0.3, 0.4) is 0 Å². The third-order valence-electron chi connectivity index (χ3n) is 10.7. The van der Waals surface area contributed by atoms with Gasteiger partial charge in [-0.05, 0) is 67.5 Å². The van der Waals surface area contributed by atoms with Crippen LogP contribution in [0.25, 0.3) is 0 Å². The monoisotopic (exact) mass is 545 g/mol. The molecule has 9 atom stereocenters. The van der Waals surface area contributed by atoms with E-state index in [1.807, 2.05) is 24.3 Å². The Morgan fingerprint density at radius 2 is 1.92 bits per heavy atom. The summed E-state index contributed by atoms with van der Waals surface area (Å²) >= 11 is 0. The number of fused-ring (bicyclic) bond motifs is 7. The van der Waals surface area contributed by atoms with E-state index in [4.69, 9.17) is 9.57 Å². The van der Waals surface area contributed by atoms with Crippen LogP contribution in [0.5, 0.6) is 5.75 Å². The van der Waals surface area contributed by atoms with Gasteiger partial charge in [-0.1, -0.05) is 25.1 Å². The smallest absolute Gasteiger partial charge is 0.198 e. The molecule has 9 heteroatoms. The minimum atomic E-state index is -2.26. The third-order valence-corrected chi connectivity index (χ3v) is 10.7. The number of allylic oxidation sites excluding steroid dienone is 4. The molecular formula is C30H34F3NO5. The van der Waals surface area contributed by atoms with E-state index in [0.29, 0.717) is 25.3 Å². The number of methoxy groups -OCH3 is 1. The van der Waals surface area contributed by atoms with Gasteiger partial charge in [0.1, 0.15) is 11.9 Å². The Hall–Kier alpha value is -2.49. The van der Waals surface area contributed by atoms with Crippen molar-refractivity contribution >= 4 is 11.6 Å². The Bertz CT molecular complexity index is 1270. The molecule has 0 spiro atoms. The van der Waals surface area contributed by atoms with Gasteiger partial charge in [0.05, 0.1) is 13.2 Å². The Labute approximate surface area is 225 Å². The first-order valence-electron chi connectivity index (χ1n) is 13.6. The predicted octanol–water partition coefficient (Wildman–Crippen LogP) is 4.26. The number of halogens is 3. The minimum absolute atomic E-state index is 0.0473. The van der Waals surface area contributed by atoms with Crippen LogP contribution in [0.1, 0.15) is 38.7 Å². The first kappa shape index (κ1) is 26.7. The molecule has 6 rings (SSSR count). The van der Waals surface area contributed by atoms with Crippen molar-refractivity contribution < 1.29 is 37.4 Å². The van der Waals surface area contributed by atoms with Gasteiger partial charge in [-0.25, -0.2) is 13.2 Å². The number of aliphatic hydroxyl groups excluding tert-OH is 1. The van der Waals surface area contributed by atoms with Gasteiger partial charge in [0.15, 0.2) is 29.5 Å². The topological polar surface area (TPSA) is 76.1 Å². The highest BCUT2D eigenvalue weighted by Gasteiger charge is 2.79. The second-order valence-electron chi connectivity index (χ2n) is 12.3. The maximum atomic E-state index is 17.4. The van der Waals surface area contributed by atoms with E-state index in [9.17, 15) is 19.1 Å². The average Bonchev–Trinajstić information content (AvgIpc) is 3.39. The van der Waals surface area contributed by atoms with Crippen molar-refractivity contribution in [3.63, 3.8) is 0 Å². The molecular weight excluding hydrogens is 511 g/mol. The van der Waals surface area contributed by atoms with E-state index >= 15 is 8.78 Å². The molecule has 1 N–H and O–H groups in total. The number of carbonyl (C=O) groups is 2. The number of ketones is 2. The first-order valence-corrected chi connectivity index (χ1v) is 13.6. The summed E-state index contributed by atoms with van der Waals surface area (Å²) in [6, 6.07) is 7.39. The SMILES string of the molecule is COc1ccc(CN2C[C@@H]3C[C@H]4[C@@H]5C[C@H](F)C6=CC(=O)C=C[C@]6(C)[C@@]5(F)[C@@H](O)C[C@]4(C)[C@]3(C(=O)CF)O2)cc1. The Morgan fingerprint density at radius 1 is 1.21 bits per heavy atom. The predicted molar refractivity (Wildman–Crippen MR) is 136 cm³/mol. The summed E-state index contributed by atoms with van der Waals surface area (Å²) in [6.07, 6.45) is 0.593. The van der Waals surface area contributed by atoms with Crippen molar-refractivity contribution in [2.75, 3.05) is 20.3 Å². The molecule has 0 unspecified atom stereocenters. The molecule has 210 valence electrons. The zero-order valence-corrected chi connectivity index (χ0v) is 22.3. The fourth-order valence-electron chi connectivity index (χ4n) is 8.95. The van der Waals surface area contributed by atoms with Gasteiger partial charge in [-0.2, -0.15) is 5.06 Å². The van der Waals surface area contributed by atoms with Crippen LogP contribution >= 0.6 is 0 Å². The summed E-state index contributed by atoms with van der Waals surface area (Å²) in [6.45, 7) is 2.72. The maximum absolute atomic E-state index is 17.4. The highest BCUT2D eigenvalue weighted by molar-refractivity contribution is 6.01. The summed E-state index contributed by atoms with van der Waals surface area (Å²) in [5.41, 5.74) is -5.54. The van der Waals surface area contributed by atoms with Gasteiger partial charge in [-0.15, -0.1) is 0 Å². The van der Waals surface area contributed by atoms with E-state index in [-0.39, 0.29) is 18.4 Å². The number of aliphatic hydroxyl groups is 1. The Balaban J connectivity index is 1.37. The largest absolute Gasteiger partial charge is 0.497 e. The molecule has 1 saturated heterocycles. The van der Waals surface area contributed by atoms with E-state index in [1.165, 1.54) is 19.1 Å². The quantitative estimate of drug-likeness (QED) is 0.596. The lowest BCUT2D eigenvalue weighted by atomic mass is 9.44. The zero-order chi connectivity index (χ0) is 28.0. The van der Waals surface area contributed by atoms with E-state index < -0.39 is 70.4 Å². The van der Waals surface area contributed by atoms with Crippen LogP contribution in [0.15, 0.2) is 48.1 Å². The van der Waals surface area contributed by atoms with Crippen molar-refractivity contribution in [1.82, 2.24) is 5.06 Å². The van der Waals surface area contributed by atoms with Crippen LogP contribution in [-0.2, 0) is 21.0 Å². The number of rotatable bonds is 5. The van der Waals surface area contributed by atoms with Gasteiger partial charge >= 0.3 is 0 Å². The summed E-state index contributed by atoms with van der Waals surface area (Å²) in [7, 11) is 1.58. The second-order valence-corrected chi connectivity index (χ2v) is 12.3. The maximum Gasteiger partial charge on any atom is 0.198 e. The molecule has 0 aromatic heterocycles. The number of Topliss-reactive ketones (excluding diaryl/α,β-unsaturated/α-hetero) is 1. The average molecular weight is 546 g/mol. The molecule has 6 nitrogen and oxygen atoms in total. The van der Waals surface area contributed by atoms with Crippen LogP contribution in [0.2, 0.25) is 0 Å². The van der Waals surface area contributed by atoms with Gasteiger partial charge in [-0.3, -0.25) is 14.4 Å². The fourth-order valence-corrected chi connectivity index (χ4v) is 8.95. The molecule has 39 heavy (non-hydrogen) atoms. The van der Waals surface area contributed by atoms with Crippen LogP contribution in [0, 0.1) is 28.6 Å². The second kappa shape index (κ2) is 8.75. The van der Waals surface area contributed by atoms with Gasteiger partial charge < -0.3 is 9.84 Å². The number of nitrogens with zero attached hydrogens (tertiary/aromatic N) is 1. The van der Waals surface area contributed by atoms with E-state index in [2.05, 4.69) is 0 Å². The van der Waals surface area contributed by atoms with Crippen molar-refractivity contribution in [3.8, 4) is 5.75 Å². The lowest BCUT2D eigenvalue weighted by molar-refractivity contribution is -0.269. The third kappa shape index (κ3) is 3.33. The van der Waals surface area contributed by atoms with Crippen LogP contribution in [0.4, 0.5) is 13.2 Å². The van der Waals surface area contributed by atoms with Crippen molar-refractivity contribution in [3.05, 3.63) is 53.6 Å².